The first-order valence-electron chi connectivity index (χ1n) is 7.95. The predicted molar refractivity (Wildman–Crippen MR) is 98.0 cm³/mol. The summed E-state index contributed by atoms with van der Waals surface area (Å²) in [4.78, 5) is 23.8. The molecule has 0 radical (unpaired) electrons. The first-order valence-corrected chi connectivity index (χ1v) is 7.95. The first-order chi connectivity index (χ1) is 12.6. The third-order valence-corrected chi connectivity index (χ3v) is 3.53. The SMILES string of the molecule is N=C(C(=O)/C=C\Nc1ccc2c(c1)OCCO2)C(=O)Nc1ccccc1. The topological polar surface area (TPSA) is 101 Å². The number of benzene rings is 2. The van der Waals surface area contributed by atoms with Crippen LogP contribution >= 0.6 is 0 Å². The number of nitrogens with one attached hydrogen (secondary N) is 3. The number of rotatable bonds is 6. The van der Waals surface area contributed by atoms with Crippen molar-refractivity contribution in [3.8, 4) is 11.5 Å². The molecule has 0 bridgehead atoms. The Morgan fingerprint density at radius 1 is 0.962 bits per heavy atom. The zero-order valence-corrected chi connectivity index (χ0v) is 13.8. The van der Waals surface area contributed by atoms with E-state index in [1.165, 1.54) is 6.20 Å². The lowest BCUT2D eigenvalue weighted by atomic mass is 10.2. The van der Waals surface area contributed by atoms with Crippen LogP contribution < -0.4 is 20.1 Å². The molecule has 132 valence electrons. The number of para-hydroxylation sites is 1. The number of fused-ring (bicyclic) bond motifs is 1. The number of amides is 1. The van der Waals surface area contributed by atoms with E-state index < -0.39 is 17.4 Å². The van der Waals surface area contributed by atoms with Gasteiger partial charge < -0.3 is 20.1 Å². The molecule has 0 fully saturated rings. The number of hydrogen-bond donors (Lipinski definition) is 3. The lowest BCUT2D eigenvalue weighted by Crippen LogP contribution is -2.28. The van der Waals surface area contributed by atoms with Gasteiger partial charge in [-0.05, 0) is 24.3 Å². The van der Waals surface area contributed by atoms with Crippen molar-refractivity contribution in [2.24, 2.45) is 0 Å². The Kier molecular flexibility index (Phi) is 5.28. The second kappa shape index (κ2) is 7.98. The quantitative estimate of drug-likeness (QED) is 0.422. The zero-order valence-electron chi connectivity index (χ0n) is 13.8. The summed E-state index contributed by atoms with van der Waals surface area (Å²) in [6, 6.07) is 13.9. The van der Waals surface area contributed by atoms with Gasteiger partial charge in [-0.2, -0.15) is 0 Å². The normalized spacial score (nSPS) is 12.5. The van der Waals surface area contributed by atoms with E-state index in [-0.39, 0.29) is 0 Å². The van der Waals surface area contributed by atoms with E-state index in [1.54, 1.807) is 48.5 Å². The van der Waals surface area contributed by atoms with Crippen LogP contribution in [-0.4, -0.2) is 30.6 Å². The number of allylic oxidation sites excluding steroid dienone is 1. The van der Waals surface area contributed by atoms with Crippen LogP contribution in [0.3, 0.4) is 0 Å². The highest BCUT2D eigenvalue weighted by Crippen LogP contribution is 2.32. The molecule has 0 saturated carbocycles. The fourth-order valence-electron chi connectivity index (χ4n) is 2.26. The smallest absolute Gasteiger partial charge is 0.277 e. The molecule has 26 heavy (non-hydrogen) atoms. The maximum absolute atomic E-state index is 11.9. The van der Waals surface area contributed by atoms with E-state index >= 15 is 0 Å². The van der Waals surface area contributed by atoms with E-state index in [2.05, 4.69) is 10.6 Å². The molecular weight excluding hydrogens is 334 g/mol. The lowest BCUT2D eigenvalue weighted by molar-refractivity contribution is -0.113. The van der Waals surface area contributed by atoms with Gasteiger partial charge in [0.15, 0.2) is 17.2 Å². The maximum atomic E-state index is 11.9. The standard InChI is InChI=1S/C19H17N3O4/c20-18(19(24)22-13-4-2-1-3-5-13)15(23)8-9-21-14-6-7-16-17(12-14)26-11-10-25-16/h1-9,12,20-21H,10-11H2,(H,22,24)/b9-8-,20-18?. The van der Waals surface area contributed by atoms with Crippen LogP contribution in [0.15, 0.2) is 60.8 Å². The molecule has 0 spiro atoms. The second-order valence-electron chi connectivity index (χ2n) is 5.40. The largest absolute Gasteiger partial charge is 0.486 e. The molecule has 0 saturated heterocycles. The van der Waals surface area contributed by atoms with Gasteiger partial charge in [0.2, 0.25) is 5.78 Å². The molecule has 1 aliphatic rings. The number of ketones is 1. The summed E-state index contributed by atoms with van der Waals surface area (Å²) in [7, 11) is 0. The highest BCUT2D eigenvalue weighted by Gasteiger charge is 2.16. The molecule has 0 unspecified atom stereocenters. The number of anilines is 2. The predicted octanol–water partition coefficient (Wildman–Crippen LogP) is 2.61. The third-order valence-electron chi connectivity index (χ3n) is 3.53. The van der Waals surface area contributed by atoms with Crippen molar-refractivity contribution in [1.29, 1.82) is 5.41 Å². The van der Waals surface area contributed by atoms with Crippen molar-refractivity contribution in [3.63, 3.8) is 0 Å². The van der Waals surface area contributed by atoms with Crippen LogP contribution in [0.25, 0.3) is 0 Å². The average molecular weight is 351 g/mol. The molecule has 0 atom stereocenters. The minimum atomic E-state index is -0.759. The molecule has 1 aliphatic heterocycles. The van der Waals surface area contributed by atoms with Gasteiger partial charge >= 0.3 is 0 Å². The first kappa shape index (κ1) is 17.2. The molecule has 1 heterocycles. The van der Waals surface area contributed by atoms with Crippen molar-refractivity contribution < 1.29 is 19.1 Å². The summed E-state index contributed by atoms with van der Waals surface area (Å²) in [5.74, 6) is -0.175. The van der Waals surface area contributed by atoms with Gasteiger partial charge in [0.05, 0.1) is 0 Å². The number of carbonyl (C=O) groups is 2. The van der Waals surface area contributed by atoms with Gasteiger partial charge in [-0.3, -0.25) is 15.0 Å². The van der Waals surface area contributed by atoms with Crippen LogP contribution in [0.4, 0.5) is 11.4 Å². The molecule has 7 heteroatoms. The highest BCUT2D eigenvalue weighted by atomic mass is 16.6. The van der Waals surface area contributed by atoms with Crippen LogP contribution in [0.1, 0.15) is 0 Å². The van der Waals surface area contributed by atoms with Crippen molar-refractivity contribution >= 4 is 28.8 Å². The second-order valence-corrected chi connectivity index (χ2v) is 5.40. The minimum Gasteiger partial charge on any atom is -0.486 e. The molecule has 2 aromatic rings. The number of hydrogen-bond acceptors (Lipinski definition) is 6. The Morgan fingerprint density at radius 3 is 2.46 bits per heavy atom. The van der Waals surface area contributed by atoms with Crippen LogP contribution in [0.2, 0.25) is 0 Å². The number of ether oxygens (including phenoxy) is 2. The van der Waals surface area contributed by atoms with Gasteiger partial charge in [-0.15, -0.1) is 0 Å². The maximum Gasteiger partial charge on any atom is 0.277 e. The fraction of sp³-hybridized carbons (Fsp3) is 0.105. The van der Waals surface area contributed by atoms with Gasteiger partial charge in [-0.1, -0.05) is 18.2 Å². The summed E-state index contributed by atoms with van der Waals surface area (Å²) < 4.78 is 10.9. The monoisotopic (exact) mass is 351 g/mol. The van der Waals surface area contributed by atoms with Gasteiger partial charge in [0.25, 0.3) is 5.91 Å². The summed E-state index contributed by atoms with van der Waals surface area (Å²) in [6.07, 6.45) is 2.50. The Morgan fingerprint density at radius 2 is 1.69 bits per heavy atom. The fourth-order valence-corrected chi connectivity index (χ4v) is 2.26. The van der Waals surface area contributed by atoms with Crippen LogP contribution in [0, 0.1) is 5.41 Å². The summed E-state index contributed by atoms with van der Waals surface area (Å²) in [5, 5.41) is 13.1. The summed E-state index contributed by atoms with van der Waals surface area (Å²) in [6.45, 7) is 1.000. The van der Waals surface area contributed by atoms with Crippen molar-refractivity contribution in [3.05, 3.63) is 60.8 Å². The Balaban J connectivity index is 1.55. The average Bonchev–Trinajstić information content (AvgIpc) is 2.68. The highest BCUT2D eigenvalue weighted by molar-refractivity contribution is 6.68. The molecule has 1 amide bonds. The lowest BCUT2D eigenvalue weighted by Gasteiger charge is -2.18. The molecule has 0 aromatic heterocycles. The Hall–Kier alpha value is -3.61. The molecule has 7 nitrogen and oxygen atoms in total. The van der Waals surface area contributed by atoms with Gasteiger partial charge in [0.1, 0.15) is 13.2 Å². The van der Waals surface area contributed by atoms with Crippen molar-refractivity contribution in [2.45, 2.75) is 0 Å². The van der Waals surface area contributed by atoms with Gasteiger partial charge in [-0.25, -0.2) is 0 Å². The summed E-state index contributed by atoms with van der Waals surface area (Å²) in [5.41, 5.74) is 0.570. The molecular formula is C19H17N3O4. The van der Waals surface area contributed by atoms with E-state index in [0.29, 0.717) is 36.1 Å². The van der Waals surface area contributed by atoms with Crippen LogP contribution in [-0.2, 0) is 9.59 Å². The van der Waals surface area contributed by atoms with E-state index in [1.807, 2.05) is 0 Å². The minimum absolute atomic E-state index is 0.485. The van der Waals surface area contributed by atoms with Gasteiger partial charge in [0, 0.05) is 29.7 Å². The zero-order chi connectivity index (χ0) is 18.4. The van der Waals surface area contributed by atoms with Crippen molar-refractivity contribution in [1.82, 2.24) is 0 Å². The Labute approximate surface area is 150 Å². The number of carbonyl (C=O) groups excluding carboxylic acids is 2. The molecule has 2 aromatic carbocycles. The van der Waals surface area contributed by atoms with Crippen molar-refractivity contribution in [2.75, 3.05) is 23.8 Å². The van der Waals surface area contributed by atoms with E-state index in [4.69, 9.17) is 14.9 Å². The summed E-state index contributed by atoms with van der Waals surface area (Å²) >= 11 is 0. The van der Waals surface area contributed by atoms with Crippen LogP contribution in [0.5, 0.6) is 11.5 Å². The molecule has 0 aliphatic carbocycles. The Bertz CT molecular complexity index is 862. The third kappa shape index (κ3) is 4.27. The molecule has 3 N–H and O–H groups in total. The van der Waals surface area contributed by atoms with E-state index in [9.17, 15) is 9.59 Å². The van der Waals surface area contributed by atoms with E-state index in [0.717, 1.165) is 6.08 Å². The molecule has 3 rings (SSSR count).